The smallest absolute Gasteiger partial charge is 0.311 e. The lowest BCUT2D eigenvalue weighted by molar-refractivity contribution is -0.144. The maximum absolute atomic E-state index is 11.6. The maximum atomic E-state index is 11.6. The Kier molecular flexibility index (Phi) is 5.73. The third-order valence-corrected chi connectivity index (χ3v) is 4.56. The lowest BCUT2D eigenvalue weighted by atomic mass is 9.98. The highest BCUT2D eigenvalue weighted by atomic mass is 32.1. The molecule has 0 amide bonds. The molecule has 1 atom stereocenters. The zero-order valence-electron chi connectivity index (χ0n) is 12.5. The molecule has 1 aromatic rings. The Bertz CT molecular complexity index is 594. The van der Waals surface area contributed by atoms with E-state index in [0.717, 1.165) is 29.2 Å². The normalized spacial score (nSPS) is 19.0. The van der Waals surface area contributed by atoms with Gasteiger partial charge in [-0.15, -0.1) is 0 Å². The molecular formula is C14H20N2O5S. The number of aliphatic carboxylic acids is 1. The number of rotatable bonds is 6. The number of carboxylic acid groups (broad SMARTS) is 1. The highest BCUT2D eigenvalue weighted by Gasteiger charge is 2.26. The molecular weight excluding hydrogens is 308 g/mol. The van der Waals surface area contributed by atoms with E-state index in [0.29, 0.717) is 31.8 Å². The lowest BCUT2D eigenvalue weighted by Gasteiger charge is -2.30. The van der Waals surface area contributed by atoms with Gasteiger partial charge >= 0.3 is 16.8 Å². The molecule has 22 heavy (non-hydrogen) atoms. The Labute approximate surface area is 131 Å². The highest BCUT2D eigenvalue weighted by Crippen LogP contribution is 2.21. The van der Waals surface area contributed by atoms with Crippen LogP contribution in [0.3, 0.4) is 0 Å². The number of nitrogens with one attached hydrogen (secondary N) is 1. The second kappa shape index (κ2) is 7.55. The number of hydrogen-bond donors (Lipinski definition) is 2. The summed E-state index contributed by atoms with van der Waals surface area (Å²) in [5.74, 6) is -1.52. The first kappa shape index (κ1) is 16.7. The van der Waals surface area contributed by atoms with Gasteiger partial charge in [0.1, 0.15) is 0 Å². The van der Waals surface area contributed by atoms with Gasteiger partial charge in [-0.25, -0.2) is 0 Å². The van der Waals surface area contributed by atoms with E-state index in [1.807, 2.05) is 4.90 Å². The van der Waals surface area contributed by atoms with Gasteiger partial charge < -0.3 is 14.8 Å². The summed E-state index contributed by atoms with van der Waals surface area (Å²) in [4.78, 5) is 39.5. The van der Waals surface area contributed by atoms with Gasteiger partial charge in [0.05, 0.1) is 18.9 Å². The Balaban J connectivity index is 2.04. The molecule has 1 fully saturated rings. The molecule has 8 heteroatoms. The summed E-state index contributed by atoms with van der Waals surface area (Å²) in [6.45, 7) is 3.79. The minimum Gasteiger partial charge on any atom is -0.481 e. The van der Waals surface area contributed by atoms with Crippen LogP contribution in [0.25, 0.3) is 0 Å². The summed E-state index contributed by atoms with van der Waals surface area (Å²) in [5, 5.41) is 9.12. The molecule has 1 aliphatic heterocycles. The second-order valence-electron chi connectivity index (χ2n) is 5.31. The monoisotopic (exact) mass is 328 g/mol. The van der Waals surface area contributed by atoms with Crippen LogP contribution in [-0.2, 0) is 27.3 Å². The molecule has 0 aliphatic carbocycles. The fourth-order valence-electron chi connectivity index (χ4n) is 2.62. The molecule has 122 valence electrons. The molecule has 0 radical (unpaired) electrons. The van der Waals surface area contributed by atoms with Crippen LogP contribution in [0.2, 0.25) is 0 Å². The number of carboxylic acids is 1. The van der Waals surface area contributed by atoms with Gasteiger partial charge in [0.15, 0.2) is 0 Å². The number of thiazole rings is 1. The van der Waals surface area contributed by atoms with Crippen molar-refractivity contribution < 1.29 is 19.4 Å². The number of H-pyrrole nitrogens is 1. The van der Waals surface area contributed by atoms with Crippen molar-refractivity contribution in [3.05, 3.63) is 20.2 Å². The fraction of sp³-hybridized carbons (Fsp3) is 0.643. The topological polar surface area (TPSA) is 99.7 Å². The lowest BCUT2D eigenvalue weighted by Crippen LogP contribution is -2.38. The molecule has 0 spiro atoms. The minimum absolute atomic E-state index is 0.0398. The molecule has 1 aliphatic rings. The van der Waals surface area contributed by atoms with Crippen LogP contribution in [0.1, 0.15) is 30.3 Å². The van der Waals surface area contributed by atoms with Crippen molar-refractivity contribution in [3.63, 3.8) is 0 Å². The number of esters is 1. The first-order chi connectivity index (χ1) is 10.5. The Morgan fingerprint density at radius 2 is 2.27 bits per heavy atom. The Morgan fingerprint density at radius 1 is 1.50 bits per heavy atom. The van der Waals surface area contributed by atoms with Gasteiger partial charge in [0.2, 0.25) is 0 Å². The number of ether oxygens (including phenoxy) is 1. The summed E-state index contributed by atoms with van der Waals surface area (Å²) >= 11 is 1.07. The van der Waals surface area contributed by atoms with Crippen LogP contribution in [0.15, 0.2) is 4.79 Å². The van der Waals surface area contributed by atoms with E-state index in [1.54, 1.807) is 6.92 Å². The molecule has 2 N–H and O–H groups in total. The third kappa shape index (κ3) is 4.41. The number of carbonyl (C=O) groups excluding carboxylic acids is 1. The largest absolute Gasteiger partial charge is 0.481 e. The number of piperidine rings is 1. The number of aromatic amines is 1. The quantitative estimate of drug-likeness (QED) is 0.751. The van der Waals surface area contributed by atoms with Crippen LogP contribution >= 0.6 is 11.3 Å². The van der Waals surface area contributed by atoms with Gasteiger partial charge in [-0.05, 0) is 26.3 Å². The number of carbonyl (C=O) groups is 2. The molecule has 0 aromatic carbocycles. The van der Waals surface area contributed by atoms with Crippen LogP contribution in [-0.4, -0.2) is 46.6 Å². The summed E-state index contributed by atoms with van der Waals surface area (Å²) < 4.78 is 4.90. The molecule has 0 bridgehead atoms. The first-order valence-electron chi connectivity index (χ1n) is 7.31. The van der Waals surface area contributed by atoms with Crippen molar-refractivity contribution in [1.82, 2.24) is 9.88 Å². The van der Waals surface area contributed by atoms with Gasteiger partial charge in [0.25, 0.3) is 0 Å². The zero-order valence-corrected chi connectivity index (χ0v) is 13.3. The van der Waals surface area contributed by atoms with Gasteiger partial charge in [-0.3, -0.25) is 19.3 Å². The average Bonchev–Trinajstić information content (AvgIpc) is 2.79. The number of nitrogens with zero attached hydrogens (tertiary/aromatic N) is 1. The third-order valence-electron chi connectivity index (χ3n) is 3.65. The van der Waals surface area contributed by atoms with E-state index in [4.69, 9.17) is 9.84 Å². The number of hydrogen-bond acceptors (Lipinski definition) is 6. The van der Waals surface area contributed by atoms with Crippen LogP contribution in [0, 0.1) is 5.92 Å². The van der Waals surface area contributed by atoms with Crippen molar-refractivity contribution in [2.45, 2.75) is 32.7 Å². The number of aromatic nitrogens is 1. The summed E-state index contributed by atoms with van der Waals surface area (Å²) in [6, 6.07) is 0. The molecule has 1 aromatic heterocycles. The molecule has 2 heterocycles. The summed E-state index contributed by atoms with van der Waals surface area (Å²) in [6.07, 6.45) is 1.55. The predicted octanol–water partition coefficient (Wildman–Crippen LogP) is 0.839. The summed E-state index contributed by atoms with van der Waals surface area (Å²) in [5.41, 5.74) is 0.575. The average molecular weight is 328 g/mol. The van der Waals surface area contributed by atoms with Gasteiger partial charge in [-0.2, -0.15) is 0 Å². The van der Waals surface area contributed by atoms with Crippen LogP contribution in [0.4, 0.5) is 0 Å². The Morgan fingerprint density at radius 3 is 2.95 bits per heavy atom. The SMILES string of the molecule is CCOC(=O)Cc1[nH]c(=O)sc1CN1CCCC(C(=O)O)C1. The zero-order chi connectivity index (χ0) is 16.1. The second-order valence-corrected chi connectivity index (χ2v) is 6.38. The van der Waals surface area contributed by atoms with Crippen molar-refractivity contribution in [3.8, 4) is 0 Å². The van der Waals surface area contributed by atoms with Crippen LogP contribution < -0.4 is 4.87 Å². The highest BCUT2D eigenvalue weighted by molar-refractivity contribution is 7.09. The van der Waals surface area contributed by atoms with Crippen molar-refractivity contribution in [1.29, 1.82) is 0 Å². The van der Waals surface area contributed by atoms with Gasteiger partial charge in [0, 0.05) is 23.7 Å². The van der Waals surface area contributed by atoms with Crippen LogP contribution in [0.5, 0.6) is 0 Å². The van der Waals surface area contributed by atoms with E-state index >= 15 is 0 Å². The van der Waals surface area contributed by atoms with E-state index in [1.165, 1.54) is 0 Å². The molecule has 2 rings (SSSR count). The van der Waals surface area contributed by atoms with E-state index in [9.17, 15) is 14.4 Å². The summed E-state index contributed by atoms with van der Waals surface area (Å²) in [7, 11) is 0. The molecule has 1 saturated heterocycles. The maximum Gasteiger partial charge on any atom is 0.311 e. The Hall–Kier alpha value is -1.67. The van der Waals surface area contributed by atoms with E-state index in [-0.39, 0.29) is 23.2 Å². The number of likely N-dealkylation sites (tertiary alicyclic amines) is 1. The van der Waals surface area contributed by atoms with Crippen molar-refractivity contribution >= 4 is 23.3 Å². The van der Waals surface area contributed by atoms with Crippen molar-refractivity contribution in [2.75, 3.05) is 19.7 Å². The minimum atomic E-state index is -0.779. The predicted molar refractivity (Wildman–Crippen MR) is 80.9 cm³/mol. The molecule has 0 saturated carbocycles. The van der Waals surface area contributed by atoms with Gasteiger partial charge in [-0.1, -0.05) is 11.3 Å². The first-order valence-corrected chi connectivity index (χ1v) is 8.13. The standard InChI is InChI=1S/C14H20N2O5S/c1-2-21-12(17)6-10-11(22-14(20)15-10)8-16-5-3-4-9(7-16)13(18)19/h9H,2-8H2,1H3,(H,15,20)(H,18,19). The molecule has 1 unspecified atom stereocenters. The van der Waals surface area contributed by atoms with Crippen molar-refractivity contribution in [2.24, 2.45) is 5.92 Å². The van der Waals surface area contributed by atoms with E-state index in [2.05, 4.69) is 4.98 Å². The van der Waals surface area contributed by atoms with E-state index < -0.39 is 5.97 Å². The molecule has 7 nitrogen and oxygen atoms in total. The fourth-order valence-corrected chi connectivity index (χ4v) is 3.51.